The maximum Gasteiger partial charge on any atom is 0.220 e. The fraction of sp³-hybridized carbons (Fsp3) is 0.667. The lowest BCUT2D eigenvalue weighted by Crippen LogP contribution is -2.44. The van der Waals surface area contributed by atoms with Crippen LogP contribution in [0.5, 0.6) is 0 Å². The Balaban J connectivity index is 1.33. The van der Waals surface area contributed by atoms with Crippen LogP contribution in [0.1, 0.15) is 37.7 Å². The van der Waals surface area contributed by atoms with E-state index in [2.05, 4.69) is 32.7 Å². The minimum atomic E-state index is 0.240. The second kappa shape index (κ2) is 8.41. The summed E-state index contributed by atoms with van der Waals surface area (Å²) in [6.45, 7) is 5.29. The summed E-state index contributed by atoms with van der Waals surface area (Å²) in [5.74, 6) is 0.937. The fourth-order valence-corrected chi connectivity index (χ4v) is 3.58. The van der Waals surface area contributed by atoms with E-state index in [0.29, 0.717) is 18.4 Å². The number of hydrogen-bond donors (Lipinski definition) is 2. The van der Waals surface area contributed by atoms with Gasteiger partial charge in [0.2, 0.25) is 5.91 Å². The van der Waals surface area contributed by atoms with Crippen molar-refractivity contribution in [3.8, 4) is 0 Å². The number of aromatic nitrogens is 1. The van der Waals surface area contributed by atoms with Gasteiger partial charge in [0, 0.05) is 44.5 Å². The number of nitrogens with zero attached hydrogens (tertiary/aromatic N) is 2. The SMILES string of the molecule is O=C(CCC1CCNC1)NC1CCN(Cc2ccncc2)CC1. The lowest BCUT2D eigenvalue weighted by molar-refractivity contribution is -0.122. The molecule has 126 valence electrons. The fourth-order valence-electron chi connectivity index (χ4n) is 3.58. The molecular weight excluding hydrogens is 288 g/mol. The van der Waals surface area contributed by atoms with E-state index in [1.54, 1.807) is 0 Å². The highest BCUT2D eigenvalue weighted by Crippen LogP contribution is 2.16. The molecule has 1 amide bonds. The van der Waals surface area contributed by atoms with Crippen LogP contribution in [-0.4, -0.2) is 48.0 Å². The highest BCUT2D eigenvalue weighted by Gasteiger charge is 2.21. The van der Waals surface area contributed by atoms with Gasteiger partial charge >= 0.3 is 0 Å². The molecule has 1 aromatic heterocycles. The largest absolute Gasteiger partial charge is 0.353 e. The van der Waals surface area contributed by atoms with Crippen LogP contribution < -0.4 is 10.6 Å². The first-order valence-corrected chi connectivity index (χ1v) is 8.91. The van der Waals surface area contributed by atoms with Crippen molar-refractivity contribution in [2.45, 2.75) is 44.7 Å². The standard InChI is InChI=1S/C18H28N4O/c23-18(2-1-15-3-10-20-13-15)21-17-6-11-22(12-7-17)14-16-4-8-19-9-5-16/h4-5,8-9,15,17,20H,1-3,6-7,10-14H2,(H,21,23). The van der Waals surface area contributed by atoms with Gasteiger partial charge < -0.3 is 10.6 Å². The summed E-state index contributed by atoms with van der Waals surface area (Å²) >= 11 is 0. The summed E-state index contributed by atoms with van der Waals surface area (Å²) in [7, 11) is 0. The molecule has 2 aliphatic rings. The summed E-state index contributed by atoms with van der Waals surface area (Å²) in [6, 6.07) is 4.51. The van der Waals surface area contributed by atoms with Gasteiger partial charge in [-0.3, -0.25) is 14.7 Å². The first-order chi connectivity index (χ1) is 11.3. The molecule has 5 heteroatoms. The van der Waals surface area contributed by atoms with Gasteiger partial charge in [-0.2, -0.15) is 0 Å². The van der Waals surface area contributed by atoms with Gasteiger partial charge in [-0.25, -0.2) is 0 Å². The molecule has 2 fully saturated rings. The van der Waals surface area contributed by atoms with Crippen molar-refractivity contribution in [3.63, 3.8) is 0 Å². The number of pyridine rings is 1. The van der Waals surface area contributed by atoms with E-state index in [-0.39, 0.29) is 5.91 Å². The molecule has 23 heavy (non-hydrogen) atoms. The third-order valence-electron chi connectivity index (χ3n) is 5.05. The summed E-state index contributed by atoms with van der Waals surface area (Å²) in [6.07, 6.45) is 8.75. The van der Waals surface area contributed by atoms with Gasteiger partial charge in [0.05, 0.1) is 0 Å². The zero-order chi connectivity index (χ0) is 15.9. The molecule has 5 nitrogen and oxygen atoms in total. The van der Waals surface area contributed by atoms with Gasteiger partial charge in [-0.05, 0) is 62.4 Å². The average Bonchev–Trinajstić information content (AvgIpc) is 3.09. The molecule has 0 radical (unpaired) electrons. The number of nitrogens with one attached hydrogen (secondary N) is 2. The van der Waals surface area contributed by atoms with E-state index >= 15 is 0 Å². The number of hydrogen-bond acceptors (Lipinski definition) is 4. The van der Waals surface area contributed by atoms with Gasteiger partial charge in [0.15, 0.2) is 0 Å². The number of piperidine rings is 1. The second-order valence-electron chi connectivity index (χ2n) is 6.87. The number of carbonyl (C=O) groups excluding carboxylic acids is 1. The van der Waals surface area contributed by atoms with Gasteiger partial charge in [-0.15, -0.1) is 0 Å². The van der Waals surface area contributed by atoms with Crippen LogP contribution in [0.2, 0.25) is 0 Å². The van der Waals surface area contributed by atoms with Gasteiger partial charge in [0.1, 0.15) is 0 Å². The molecule has 0 aromatic carbocycles. The summed E-state index contributed by atoms with van der Waals surface area (Å²) in [4.78, 5) is 18.6. The Hall–Kier alpha value is -1.46. The van der Waals surface area contributed by atoms with Gasteiger partial charge in [-0.1, -0.05) is 0 Å². The van der Waals surface area contributed by atoms with Crippen molar-refractivity contribution >= 4 is 5.91 Å². The third kappa shape index (κ3) is 5.29. The Morgan fingerprint density at radius 3 is 2.74 bits per heavy atom. The molecule has 1 unspecified atom stereocenters. The highest BCUT2D eigenvalue weighted by molar-refractivity contribution is 5.76. The van der Waals surface area contributed by atoms with Crippen LogP contribution in [0, 0.1) is 5.92 Å². The predicted molar refractivity (Wildman–Crippen MR) is 90.9 cm³/mol. The van der Waals surface area contributed by atoms with E-state index in [4.69, 9.17) is 0 Å². The highest BCUT2D eigenvalue weighted by atomic mass is 16.1. The van der Waals surface area contributed by atoms with Crippen molar-refractivity contribution < 1.29 is 4.79 Å². The second-order valence-corrected chi connectivity index (χ2v) is 6.87. The number of carbonyl (C=O) groups is 1. The van der Waals surface area contributed by atoms with E-state index in [0.717, 1.165) is 52.0 Å². The molecule has 1 atom stereocenters. The summed E-state index contributed by atoms with van der Waals surface area (Å²) in [5, 5.41) is 6.59. The summed E-state index contributed by atoms with van der Waals surface area (Å²) in [5.41, 5.74) is 1.31. The van der Waals surface area contributed by atoms with Crippen molar-refractivity contribution in [2.75, 3.05) is 26.2 Å². The van der Waals surface area contributed by atoms with Crippen molar-refractivity contribution in [1.82, 2.24) is 20.5 Å². The maximum atomic E-state index is 12.1. The van der Waals surface area contributed by atoms with Gasteiger partial charge in [0.25, 0.3) is 0 Å². The zero-order valence-electron chi connectivity index (χ0n) is 13.8. The average molecular weight is 316 g/mol. The van der Waals surface area contributed by atoms with Crippen LogP contribution in [0.3, 0.4) is 0 Å². The Morgan fingerprint density at radius 1 is 1.26 bits per heavy atom. The Labute approximate surface area is 138 Å². The van der Waals surface area contributed by atoms with E-state index in [9.17, 15) is 4.79 Å². The molecule has 3 heterocycles. The van der Waals surface area contributed by atoms with Crippen LogP contribution in [-0.2, 0) is 11.3 Å². The van der Waals surface area contributed by atoms with Crippen molar-refractivity contribution in [3.05, 3.63) is 30.1 Å². The smallest absolute Gasteiger partial charge is 0.220 e. The van der Waals surface area contributed by atoms with Crippen LogP contribution in [0.4, 0.5) is 0 Å². The first-order valence-electron chi connectivity index (χ1n) is 8.91. The monoisotopic (exact) mass is 316 g/mol. The van der Waals surface area contributed by atoms with Crippen LogP contribution >= 0.6 is 0 Å². The first kappa shape index (κ1) is 16.4. The molecule has 2 N–H and O–H groups in total. The van der Waals surface area contributed by atoms with Crippen LogP contribution in [0.25, 0.3) is 0 Å². The molecule has 2 saturated heterocycles. The predicted octanol–water partition coefficient (Wildman–Crippen LogP) is 1.55. The third-order valence-corrected chi connectivity index (χ3v) is 5.05. The van der Waals surface area contributed by atoms with Crippen molar-refractivity contribution in [2.24, 2.45) is 5.92 Å². The Kier molecular flexibility index (Phi) is 6.00. The van der Waals surface area contributed by atoms with Crippen LogP contribution in [0.15, 0.2) is 24.5 Å². The lowest BCUT2D eigenvalue weighted by atomic mass is 10.0. The van der Waals surface area contributed by atoms with E-state index < -0.39 is 0 Å². The maximum absolute atomic E-state index is 12.1. The Bertz CT molecular complexity index is 479. The number of amides is 1. The molecular formula is C18H28N4O. The van der Waals surface area contributed by atoms with E-state index in [1.165, 1.54) is 12.0 Å². The Morgan fingerprint density at radius 2 is 2.04 bits per heavy atom. The number of rotatable bonds is 6. The molecule has 0 saturated carbocycles. The topological polar surface area (TPSA) is 57.3 Å². The minimum absolute atomic E-state index is 0.240. The normalized spacial score (nSPS) is 23.0. The summed E-state index contributed by atoms with van der Waals surface area (Å²) < 4.78 is 0. The van der Waals surface area contributed by atoms with Crippen molar-refractivity contribution in [1.29, 1.82) is 0 Å². The molecule has 3 rings (SSSR count). The molecule has 0 spiro atoms. The quantitative estimate of drug-likeness (QED) is 0.836. The number of likely N-dealkylation sites (tertiary alicyclic amines) is 1. The zero-order valence-corrected chi connectivity index (χ0v) is 13.8. The lowest BCUT2D eigenvalue weighted by Gasteiger charge is -2.32. The molecule has 2 aliphatic heterocycles. The molecule has 1 aromatic rings. The molecule has 0 aliphatic carbocycles. The molecule has 0 bridgehead atoms. The minimum Gasteiger partial charge on any atom is -0.353 e. The van der Waals surface area contributed by atoms with E-state index in [1.807, 2.05) is 12.4 Å².